The van der Waals surface area contributed by atoms with E-state index >= 15 is 4.39 Å². The lowest BCUT2D eigenvalue weighted by Gasteiger charge is -2.36. The summed E-state index contributed by atoms with van der Waals surface area (Å²) in [5.41, 5.74) is 8.30. The predicted octanol–water partition coefficient (Wildman–Crippen LogP) is 3.51. The molecule has 1 amide bonds. The molecule has 0 spiro atoms. The molecule has 1 fully saturated rings. The number of pyridine rings is 1. The Morgan fingerprint density at radius 3 is 2.63 bits per heavy atom. The zero-order valence-corrected chi connectivity index (χ0v) is 15.6. The van der Waals surface area contributed by atoms with Gasteiger partial charge in [-0.15, -0.1) is 0 Å². The highest BCUT2D eigenvalue weighted by molar-refractivity contribution is 5.96. The molecule has 0 saturated carbocycles. The minimum atomic E-state index is -1.58. The Kier molecular flexibility index (Phi) is 5.13. The quantitative estimate of drug-likeness (QED) is 0.843. The lowest BCUT2D eigenvalue weighted by molar-refractivity contribution is 0.0402. The van der Waals surface area contributed by atoms with Crippen LogP contribution in [0.2, 0.25) is 0 Å². The topological polar surface area (TPSA) is 83.0 Å². The summed E-state index contributed by atoms with van der Waals surface area (Å²) in [5.74, 6) is -0.114. The highest BCUT2D eigenvalue weighted by Crippen LogP contribution is 2.36. The fourth-order valence-corrected chi connectivity index (χ4v) is 3.54. The van der Waals surface area contributed by atoms with Gasteiger partial charge >= 0.3 is 0 Å². The predicted molar refractivity (Wildman–Crippen MR) is 102 cm³/mol. The van der Waals surface area contributed by atoms with Gasteiger partial charge in [-0.2, -0.15) is 5.26 Å². The first-order chi connectivity index (χ1) is 12.9. The number of anilines is 1. The van der Waals surface area contributed by atoms with Gasteiger partial charge in [0, 0.05) is 43.4 Å². The van der Waals surface area contributed by atoms with E-state index in [1.165, 1.54) is 6.20 Å². The highest BCUT2D eigenvalue weighted by Gasteiger charge is 2.39. The van der Waals surface area contributed by atoms with Crippen LogP contribution in [-0.2, 0) is 12.1 Å². The number of nitriles is 1. The molecule has 0 aliphatic carbocycles. The number of rotatable bonds is 3. The molecule has 2 aromatic rings. The molecule has 0 bridgehead atoms. The maximum Gasteiger partial charge on any atom is 0.254 e. The standard InChI is InChI=1S/C21H23FN4O/c1-3-16-10-14(2)17(11-18(16)24)20(27)26-8-6-21(22,7-9-26)19-5-4-15(12-23)13-25-19/h4-5,10-11,13H,3,6-9,24H2,1-2H3. The molecule has 1 aromatic carbocycles. The molecule has 2 heterocycles. The molecule has 0 unspecified atom stereocenters. The first-order valence-corrected chi connectivity index (χ1v) is 9.12. The fraction of sp³-hybridized carbons (Fsp3) is 0.381. The zero-order valence-electron chi connectivity index (χ0n) is 15.6. The van der Waals surface area contributed by atoms with Crippen molar-refractivity contribution in [3.8, 4) is 6.07 Å². The van der Waals surface area contributed by atoms with E-state index in [-0.39, 0.29) is 18.7 Å². The monoisotopic (exact) mass is 366 g/mol. The van der Waals surface area contributed by atoms with Crippen LogP contribution in [0, 0.1) is 18.3 Å². The van der Waals surface area contributed by atoms with Crippen molar-refractivity contribution in [1.82, 2.24) is 9.88 Å². The molecule has 1 aliphatic rings. The summed E-state index contributed by atoms with van der Waals surface area (Å²) in [4.78, 5) is 18.7. The second-order valence-electron chi connectivity index (χ2n) is 7.02. The van der Waals surface area contributed by atoms with E-state index in [1.54, 1.807) is 23.1 Å². The molecule has 1 saturated heterocycles. The van der Waals surface area contributed by atoms with Crippen molar-refractivity contribution in [2.45, 2.75) is 38.8 Å². The van der Waals surface area contributed by atoms with Gasteiger partial charge in [0.25, 0.3) is 5.91 Å². The van der Waals surface area contributed by atoms with Crippen LogP contribution in [0.1, 0.15) is 52.5 Å². The van der Waals surface area contributed by atoms with E-state index in [9.17, 15) is 4.79 Å². The third-order valence-corrected chi connectivity index (χ3v) is 5.29. The number of nitrogens with zero attached hydrogens (tertiary/aromatic N) is 3. The number of amides is 1. The van der Waals surface area contributed by atoms with Crippen molar-refractivity contribution in [3.63, 3.8) is 0 Å². The number of nitrogen functional groups attached to an aromatic ring is 1. The molecule has 0 radical (unpaired) electrons. The smallest absolute Gasteiger partial charge is 0.254 e. The van der Waals surface area contributed by atoms with E-state index < -0.39 is 5.67 Å². The number of alkyl halides is 1. The van der Waals surface area contributed by atoms with Gasteiger partial charge in [-0.3, -0.25) is 9.78 Å². The molecule has 6 heteroatoms. The van der Waals surface area contributed by atoms with Gasteiger partial charge < -0.3 is 10.6 Å². The van der Waals surface area contributed by atoms with Gasteiger partial charge in [-0.25, -0.2) is 4.39 Å². The van der Waals surface area contributed by atoms with Crippen LogP contribution >= 0.6 is 0 Å². The minimum absolute atomic E-state index is 0.114. The van der Waals surface area contributed by atoms with Crippen molar-refractivity contribution in [1.29, 1.82) is 5.26 Å². The van der Waals surface area contributed by atoms with E-state index in [2.05, 4.69) is 4.98 Å². The zero-order chi connectivity index (χ0) is 19.6. The summed E-state index contributed by atoms with van der Waals surface area (Å²) >= 11 is 0. The second-order valence-corrected chi connectivity index (χ2v) is 7.02. The van der Waals surface area contributed by atoms with Crippen molar-refractivity contribution in [3.05, 3.63) is 58.4 Å². The largest absolute Gasteiger partial charge is 0.398 e. The summed E-state index contributed by atoms with van der Waals surface area (Å²) in [6, 6.07) is 8.79. The lowest BCUT2D eigenvalue weighted by Crippen LogP contribution is -2.43. The van der Waals surface area contributed by atoms with Gasteiger partial charge in [-0.05, 0) is 42.7 Å². The average molecular weight is 366 g/mol. The van der Waals surface area contributed by atoms with Crippen LogP contribution in [0.25, 0.3) is 0 Å². The maximum atomic E-state index is 15.3. The molecular formula is C21H23FN4O. The van der Waals surface area contributed by atoms with Crippen LogP contribution < -0.4 is 5.73 Å². The van der Waals surface area contributed by atoms with Crippen LogP contribution in [0.3, 0.4) is 0 Å². The molecule has 5 nitrogen and oxygen atoms in total. The Morgan fingerprint density at radius 2 is 2.07 bits per heavy atom. The molecule has 3 rings (SSSR count). The van der Waals surface area contributed by atoms with Crippen molar-refractivity contribution in [2.75, 3.05) is 18.8 Å². The van der Waals surface area contributed by atoms with Crippen LogP contribution in [-0.4, -0.2) is 28.9 Å². The number of halogens is 1. The average Bonchev–Trinajstić information content (AvgIpc) is 2.69. The van der Waals surface area contributed by atoms with Crippen LogP contribution in [0.5, 0.6) is 0 Å². The molecule has 0 atom stereocenters. The van der Waals surface area contributed by atoms with Crippen LogP contribution in [0.4, 0.5) is 10.1 Å². The summed E-state index contributed by atoms with van der Waals surface area (Å²) < 4.78 is 15.3. The number of nitrogens with two attached hydrogens (primary N) is 1. The lowest BCUT2D eigenvalue weighted by atomic mass is 9.89. The van der Waals surface area contributed by atoms with E-state index in [0.717, 1.165) is 17.5 Å². The number of carbonyl (C=O) groups is 1. The Morgan fingerprint density at radius 1 is 1.37 bits per heavy atom. The summed E-state index contributed by atoms with van der Waals surface area (Å²) in [6.45, 7) is 4.54. The van der Waals surface area contributed by atoms with Gasteiger partial charge in [0.1, 0.15) is 6.07 Å². The van der Waals surface area contributed by atoms with Gasteiger partial charge in [0.2, 0.25) is 0 Å². The molecular weight excluding hydrogens is 343 g/mol. The summed E-state index contributed by atoms with van der Waals surface area (Å²) in [7, 11) is 0. The third kappa shape index (κ3) is 3.63. The van der Waals surface area contributed by atoms with E-state index in [4.69, 9.17) is 11.0 Å². The maximum absolute atomic E-state index is 15.3. The van der Waals surface area contributed by atoms with Crippen LogP contribution in [0.15, 0.2) is 30.5 Å². The second kappa shape index (κ2) is 7.36. The summed E-state index contributed by atoms with van der Waals surface area (Å²) in [5, 5.41) is 8.85. The normalized spacial score (nSPS) is 16.0. The van der Waals surface area contributed by atoms with Gasteiger partial charge in [-0.1, -0.05) is 13.0 Å². The highest BCUT2D eigenvalue weighted by atomic mass is 19.1. The molecule has 140 valence electrons. The minimum Gasteiger partial charge on any atom is -0.398 e. The van der Waals surface area contributed by atoms with Crippen molar-refractivity contribution in [2.24, 2.45) is 0 Å². The number of piperidine rings is 1. The SMILES string of the molecule is CCc1cc(C)c(C(=O)N2CCC(F)(c3ccc(C#N)cn3)CC2)cc1N. The number of hydrogen-bond acceptors (Lipinski definition) is 4. The number of aryl methyl sites for hydroxylation is 2. The fourth-order valence-electron chi connectivity index (χ4n) is 3.54. The third-order valence-electron chi connectivity index (χ3n) is 5.29. The Balaban J connectivity index is 1.74. The first-order valence-electron chi connectivity index (χ1n) is 9.12. The molecule has 2 N–H and O–H groups in total. The van der Waals surface area contributed by atoms with E-state index in [1.807, 2.05) is 26.0 Å². The number of likely N-dealkylation sites (tertiary alicyclic amines) is 1. The number of hydrogen-bond donors (Lipinski definition) is 1. The molecule has 27 heavy (non-hydrogen) atoms. The molecule has 1 aromatic heterocycles. The van der Waals surface area contributed by atoms with Gasteiger partial charge in [0.05, 0.1) is 11.3 Å². The van der Waals surface area contributed by atoms with Crippen molar-refractivity contribution >= 4 is 11.6 Å². The van der Waals surface area contributed by atoms with E-state index in [0.29, 0.717) is 35.6 Å². The molecule has 1 aliphatic heterocycles. The van der Waals surface area contributed by atoms with Crippen molar-refractivity contribution < 1.29 is 9.18 Å². The number of aromatic nitrogens is 1. The first kappa shape index (κ1) is 18.8. The Labute approximate surface area is 158 Å². The number of benzene rings is 1. The summed E-state index contributed by atoms with van der Waals surface area (Å²) in [6.07, 6.45) is 2.56. The number of carbonyl (C=O) groups excluding carboxylic acids is 1. The van der Waals surface area contributed by atoms with Gasteiger partial charge in [0.15, 0.2) is 5.67 Å². The Hall–Kier alpha value is -2.94. The Bertz CT molecular complexity index is 894.